The summed E-state index contributed by atoms with van der Waals surface area (Å²) in [7, 11) is 1.64. The fourth-order valence-corrected chi connectivity index (χ4v) is 2.97. The molecule has 0 aromatic carbocycles. The maximum Gasteiger partial charge on any atom is 0.332 e. The van der Waals surface area contributed by atoms with Crippen molar-refractivity contribution in [1.82, 2.24) is 18.7 Å². The van der Waals surface area contributed by atoms with Gasteiger partial charge < -0.3 is 0 Å². The average Bonchev–Trinajstić information content (AvgIpc) is 2.97. The van der Waals surface area contributed by atoms with Crippen LogP contribution >= 0.6 is 0 Å². The molecule has 1 aliphatic rings. The van der Waals surface area contributed by atoms with Crippen LogP contribution in [0.4, 0.5) is 5.95 Å². The maximum atomic E-state index is 13.0. The number of anilines is 1. The van der Waals surface area contributed by atoms with Crippen LogP contribution in [0.25, 0.3) is 11.2 Å². The molecule has 0 bridgehead atoms. The summed E-state index contributed by atoms with van der Waals surface area (Å²) in [5.41, 5.74) is 1.05. The highest BCUT2D eigenvalue weighted by Crippen LogP contribution is 2.29. The average molecular weight is 330 g/mol. The van der Waals surface area contributed by atoms with Crippen LogP contribution in [0, 0.1) is 0 Å². The van der Waals surface area contributed by atoms with Gasteiger partial charge in [-0.05, 0) is 27.7 Å². The molecule has 3 rings (SSSR count). The van der Waals surface area contributed by atoms with Crippen molar-refractivity contribution in [2.45, 2.75) is 40.3 Å². The maximum absolute atomic E-state index is 13.0. The molecule has 128 valence electrons. The van der Waals surface area contributed by atoms with E-state index in [2.05, 4.69) is 10.1 Å². The Morgan fingerprint density at radius 1 is 1.29 bits per heavy atom. The van der Waals surface area contributed by atoms with Gasteiger partial charge in [0, 0.05) is 20.1 Å². The molecular formula is C16H22N6O2. The molecule has 2 aromatic rings. The van der Waals surface area contributed by atoms with Gasteiger partial charge >= 0.3 is 5.69 Å². The number of rotatable bonds is 3. The number of hydrogen-bond acceptors (Lipinski definition) is 5. The Bertz CT molecular complexity index is 975. The summed E-state index contributed by atoms with van der Waals surface area (Å²) in [5, 5.41) is 6.29. The first-order chi connectivity index (χ1) is 11.4. The van der Waals surface area contributed by atoms with E-state index in [0.29, 0.717) is 23.7 Å². The zero-order valence-corrected chi connectivity index (χ0v) is 14.6. The minimum atomic E-state index is -0.366. The molecule has 0 saturated heterocycles. The Hall–Kier alpha value is -2.64. The first kappa shape index (κ1) is 16.2. The Morgan fingerprint density at radius 2 is 2.00 bits per heavy atom. The number of fused-ring (bicyclic) bond motifs is 3. The number of aryl methyl sites for hydroxylation is 1. The number of aromatic nitrogens is 4. The van der Waals surface area contributed by atoms with Crippen molar-refractivity contribution in [3.63, 3.8) is 0 Å². The summed E-state index contributed by atoms with van der Waals surface area (Å²) in [4.78, 5) is 30.1. The summed E-state index contributed by atoms with van der Waals surface area (Å²) in [5.74, 6) is 0.599. The molecule has 0 fully saturated rings. The van der Waals surface area contributed by atoms with Gasteiger partial charge in [0.2, 0.25) is 5.95 Å². The number of hydrazone groups is 1. The van der Waals surface area contributed by atoms with Crippen molar-refractivity contribution in [2.75, 3.05) is 11.6 Å². The normalized spacial score (nSPS) is 17.6. The van der Waals surface area contributed by atoms with Crippen molar-refractivity contribution in [1.29, 1.82) is 0 Å². The Labute approximate surface area is 139 Å². The summed E-state index contributed by atoms with van der Waals surface area (Å²) in [6.45, 7) is 8.63. The van der Waals surface area contributed by atoms with E-state index in [1.54, 1.807) is 18.1 Å². The predicted octanol–water partition coefficient (Wildman–Crippen LogP) is 1.25. The van der Waals surface area contributed by atoms with E-state index < -0.39 is 0 Å². The molecule has 1 atom stereocenters. The predicted molar refractivity (Wildman–Crippen MR) is 94.9 cm³/mol. The Morgan fingerprint density at radius 3 is 2.62 bits per heavy atom. The minimum Gasteiger partial charge on any atom is -0.294 e. The standard InChI is InChI=1S/C16H22N6O2/c1-6-8-9-20-14(23)12-13(19(5)16(20)24)17-15-21(7-2)18-10(3)11(4)22(12)15/h6,8,11H,7,9H2,1-5H3/b8-6+/t11-/m0/s1. The first-order valence-corrected chi connectivity index (χ1v) is 8.07. The zero-order valence-electron chi connectivity index (χ0n) is 14.6. The van der Waals surface area contributed by atoms with Crippen LogP contribution in [-0.2, 0) is 13.6 Å². The van der Waals surface area contributed by atoms with Gasteiger partial charge in [-0.15, -0.1) is 0 Å². The van der Waals surface area contributed by atoms with Crippen molar-refractivity contribution in [2.24, 2.45) is 12.1 Å². The van der Waals surface area contributed by atoms with Crippen LogP contribution in [0.15, 0.2) is 26.8 Å². The lowest BCUT2D eigenvalue weighted by Gasteiger charge is -2.28. The number of nitrogens with zero attached hydrogens (tertiary/aromatic N) is 6. The molecule has 0 unspecified atom stereocenters. The molecule has 2 aromatic heterocycles. The number of hydrogen-bond donors (Lipinski definition) is 0. The van der Waals surface area contributed by atoms with E-state index in [0.717, 1.165) is 5.71 Å². The lowest BCUT2D eigenvalue weighted by Crippen LogP contribution is -2.40. The van der Waals surface area contributed by atoms with Gasteiger partial charge in [0.25, 0.3) is 5.56 Å². The molecule has 8 nitrogen and oxygen atoms in total. The summed E-state index contributed by atoms with van der Waals surface area (Å²) in [6.07, 6.45) is 3.61. The van der Waals surface area contributed by atoms with Crippen LogP contribution in [0.1, 0.15) is 33.7 Å². The smallest absolute Gasteiger partial charge is 0.294 e. The Balaban J connectivity index is 2.42. The highest BCUT2D eigenvalue weighted by molar-refractivity contribution is 5.90. The molecule has 8 heteroatoms. The SMILES string of the molecule is C/C=C/Cn1c(=O)c2c(nc3n2[C@@H](C)C(C)=NN3CC)n(C)c1=O. The number of allylic oxidation sites excluding steroid dienone is 2. The fourth-order valence-electron chi connectivity index (χ4n) is 2.97. The highest BCUT2D eigenvalue weighted by Gasteiger charge is 2.29. The second-order valence-electron chi connectivity index (χ2n) is 5.91. The summed E-state index contributed by atoms with van der Waals surface area (Å²) >= 11 is 0. The molecule has 0 saturated carbocycles. The van der Waals surface area contributed by atoms with Crippen LogP contribution < -0.4 is 16.3 Å². The molecule has 1 aliphatic heterocycles. The Kier molecular flexibility index (Phi) is 3.90. The van der Waals surface area contributed by atoms with Gasteiger partial charge in [0.05, 0.1) is 11.8 Å². The molecule has 0 spiro atoms. The van der Waals surface area contributed by atoms with Gasteiger partial charge in [0.15, 0.2) is 11.2 Å². The molecule has 3 heterocycles. The third-order valence-electron chi connectivity index (χ3n) is 4.48. The fraction of sp³-hybridized carbons (Fsp3) is 0.500. The lowest BCUT2D eigenvalue weighted by molar-refractivity contribution is 0.634. The van der Waals surface area contributed by atoms with Gasteiger partial charge in [-0.1, -0.05) is 12.2 Å². The van der Waals surface area contributed by atoms with E-state index >= 15 is 0 Å². The quantitative estimate of drug-likeness (QED) is 0.794. The molecule has 0 aliphatic carbocycles. The van der Waals surface area contributed by atoms with Crippen LogP contribution in [0.5, 0.6) is 0 Å². The topological polar surface area (TPSA) is 77.4 Å². The molecular weight excluding hydrogens is 308 g/mol. The van der Waals surface area contributed by atoms with Gasteiger partial charge in [-0.2, -0.15) is 10.1 Å². The molecule has 0 N–H and O–H groups in total. The molecule has 0 radical (unpaired) electrons. The largest absolute Gasteiger partial charge is 0.332 e. The van der Waals surface area contributed by atoms with E-state index in [4.69, 9.17) is 0 Å². The van der Waals surface area contributed by atoms with Crippen molar-refractivity contribution in [3.8, 4) is 0 Å². The van der Waals surface area contributed by atoms with Crippen LogP contribution in [0.3, 0.4) is 0 Å². The van der Waals surface area contributed by atoms with Gasteiger partial charge in [0.1, 0.15) is 0 Å². The van der Waals surface area contributed by atoms with Crippen molar-refractivity contribution >= 4 is 22.8 Å². The van der Waals surface area contributed by atoms with Crippen LogP contribution in [-0.4, -0.2) is 30.9 Å². The van der Waals surface area contributed by atoms with E-state index in [1.807, 2.05) is 38.3 Å². The van der Waals surface area contributed by atoms with Gasteiger partial charge in [-0.25, -0.2) is 9.80 Å². The molecule has 0 amide bonds. The third kappa shape index (κ3) is 2.13. The number of imidazole rings is 1. The monoisotopic (exact) mass is 330 g/mol. The molecule has 24 heavy (non-hydrogen) atoms. The second-order valence-corrected chi connectivity index (χ2v) is 5.91. The highest BCUT2D eigenvalue weighted by atomic mass is 16.2. The summed E-state index contributed by atoms with van der Waals surface area (Å²) < 4.78 is 4.55. The van der Waals surface area contributed by atoms with E-state index in [-0.39, 0.29) is 23.8 Å². The zero-order chi connectivity index (χ0) is 17.6. The second kappa shape index (κ2) is 5.77. The third-order valence-corrected chi connectivity index (χ3v) is 4.48. The van der Waals surface area contributed by atoms with Crippen LogP contribution in [0.2, 0.25) is 0 Å². The van der Waals surface area contributed by atoms with E-state index in [9.17, 15) is 9.59 Å². The first-order valence-electron chi connectivity index (χ1n) is 8.07. The van der Waals surface area contributed by atoms with E-state index in [1.165, 1.54) is 9.13 Å². The minimum absolute atomic E-state index is 0.0897. The van der Waals surface area contributed by atoms with Crippen molar-refractivity contribution < 1.29 is 0 Å². The van der Waals surface area contributed by atoms with Gasteiger partial charge in [-0.3, -0.25) is 18.5 Å². The lowest BCUT2D eigenvalue weighted by atomic mass is 10.2. The summed E-state index contributed by atoms with van der Waals surface area (Å²) in [6, 6.07) is -0.0897. The van der Waals surface area contributed by atoms with Crippen molar-refractivity contribution in [3.05, 3.63) is 33.0 Å².